The summed E-state index contributed by atoms with van der Waals surface area (Å²) in [6.45, 7) is 5.93. The summed E-state index contributed by atoms with van der Waals surface area (Å²) in [5.74, 6) is -0.188. The highest BCUT2D eigenvalue weighted by Crippen LogP contribution is 2.09. The van der Waals surface area contributed by atoms with Crippen molar-refractivity contribution in [1.82, 2.24) is 10.6 Å². The molecule has 4 N–H and O–H groups in total. The summed E-state index contributed by atoms with van der Waals surface area (Å²) in [7, 11) is 0. The van der Waals surface area contributed by atoms with E-state index in [1.54, 1.807) is 30.5 Å². The van der Waals surface area contributed by atoms with Crippen LogP contribution in [-0.4, -0.2) is 11.9 Å². The highest BCUT2D eigenvalue weighted by Gasteiger charge is 2.11. The molecule has 0 aliphatic rings. The number of nitrogens with two attached hydrogens (primary N) is 1. The fourth-order valence-corrected chi connectivity index (χ4v) is 1.26. The number of urea groups is 1. The van der Waals surface area contributed by atoms with Gasteiger partial charge < -0.3 is 11.1 Å². The van der Waals surface area contributed by atoms with Crippen molar-refractivity contribution < 1.29 is 9.59 Å². The number of amides is 3. The molecule has 102 valence electrons. The summed E-state index contributed by atoms with van der Waals surface area (Å²) < 4.78 is 0. The van der Waals surface area contributed by atoms with Gasteiger partial charge in [0.1, 0.15) is 0 Å². The smallest absolute Gasteiger partial charge is 0.325 e. The number of carbonyl (C=O) groups excluding carboxylic acids is 2. The van der Waals surface area contributed by atoms with Crippen molar-refractivity contribution in [3.05, 3.63) is 41.6 Å². The van der Waals surface area contributed by atoms with Gasteiger partial charge in [-0.2, -0.15) is 0 Å². The van der Waals surface area contributed by atoms with E-state index in [2.05, 4.69) is 10.6 Å². The van der Waals surface area contributed by atoms with Crippen LogP contribution in [0.15, 0.2) is 36.0 Å². The van der Waals surface area contributed by atoms with E-state index < -0.39 is 11.9 Å². The van der Waals surface area contributed by atoms with Crippen LogP contribution in [0.1, 0.15) is 31.1 Å². The maximum absolute atomic E-state index is 11.8. The van der Waals surface area contributed by atoms with E-state index in [1.165, 1.54) is 0 Å². The fourth-order valence-electron chi connectivity index (χ4n) is 1.26. The maximum atomic E-state index is 11.8. The van der Waals surface area contributed by atoms with E-state index in [0.29, 0.717) is 11.6 Å². The minimum atomic E-state index is -0.576. The molecular weight excluding hydrogens is 242 g/mol. The Balaban J connectivity index is 2.61. The number of allylic oxidation sites excluding steroid dienone is 1. The Morgan fingerprint density at radius 1 is 1.26 bits per heavy atom. The van der Waals surface area contributed by atoms with Gasteiger partial charge in [0.05, 0.1) is 5.56 Å². The van der Waals surface area contributed by atoms with Gasteiger partial charge in [0, 0.05) is 11.9 Å². The van der Waals surface area contributed by atoms with Gasteiger partial charge in [0.15, 0.2) is 0 Å². The van der Waals surface area contributed by atoms with Crippen molar-refractivity contribution in [3.63, 3.8) is 0 Å². The summed E-state index contributed by atoms with van der Waals surface area (Å²) in [5.41, 5.74) is 7.28. The number of imide groups is 1. The second kappa shape index (κ2) is 6.58. The number of hydrogen-bond donors (Lipinski definition) is 3. The highest BCUT2D eigenvalue weighted by atomic mass is 16.2. The lowest BCUT2D eigenvalue weighted by Crippen LogP contribution is -2.37. The van der Waals surface area contributed by atoms with E-state index in [0.717, 1.165) is 5.57 Å². The average molecular weight is 261 g/mol. The molecule has 0 heterocycles. The zero-order valence-corrected chi connectivity index (χ0v) is 11.4. The number of rotatable bonds is 3. The summed E-state index contributed by atoms with van der Waals surface area (Å²) in [6.07, 6.45) is 1.58. The van der Waals surface area contributed by atoms with Gasteiger partial charge in [-0.05, 0) is 25.0 Å². The van der Waals surface area contributed by atoms with E-state index in [-0.39, 0.29) is 5.56 Å². The maximum Gasteiger partial charge on any atom is 0.325 e. The summed E-state index contributed by atoms with van der Waals surface area (Å²) in [5, 5.41) is 4.73. The standard InChI is InChI=1S/C14H19N3O2/c1-9(2)10(3)8-16-14(19)17-13(18)11-6-4-5-7-12(11)15/h4-9H,15H2,1-3H3,(H2,16,17,18,19)/b10-8+. The number of benzene rings is 1. The first kappa shape index (κ1) is 14.8. The van der Waals surface area contributed by atoms with Gasteiger partial charge in [-0.25, -0.2) is 4.79 Å². The number of nitrogens with one attached hydrogen (secondary N) is 2. The third-order valence-electron chi connectivity index (χ3n) is 2.77. The monoisotopic (exact) mass is 261 g/mol. The van der Waals surface area contributed by atoms with Crippen LogP contribution in [-0.2, 0) is 0 Å². The van der Waals surface area contributed by atoms with Gasteiger partial charge in [0.2, 0.25) is 0 Å². The van der Waals surface area contributed by atoms with Crippen LogP contribution in [0.5, 0.6) is 0 Å². The number of para-hydroxylation sites is 1. The lowest BCUT2D eigenvalue weighted by Gasteiger charge is -2.08. The Hall–Kier alpha value is -2.30. The van der Waals surface area contributed by atoms with Crippen LogP contribution in [0.25, 0.3) is 0 Å². The van der Waals surface area contributed by atoms with Crippen LogP contribution in [0.4, 0.5) is 10.5 Å². The Morgan fingerprint density at radius 3 is 2.47 bits per heavy atom. The second-order valence-corrected chi connectivity index (χ2v) is 4.56. The first-order valence-corrected chi connectivity index (χ1v) is 6.04. The molecule has 0 aliphatic heterocycles. The lowest BCUT2D eigenvalue weighted by molar-refractivity contribution is 0.0965. The Kier molecular flexibility index (Phi) is 5.11. The highest BCUT2D eigenvalue weighted by molar-refractivity contribution is 6.07. The molecule has 0 unspecified atom stereocenters. The number of hydrogen-bond acceptors (Lipinski definition) is 3. The second-order valence-electron chi connectivity index (χ2n) is 4.56. The molecule has 0 atom stereocenters. The van der Waals surface area contributed by atoms with E-state index in [9.17, 15) is 9.59 Å². The molecule has 5 nitrogen and oxygen atoms in total. The van der Waals surface area contributed by atoms with E-state index in [1.807, 2.05) is 20.8 Å². The topological polar surface area (TPSA) is 84.2 Å². The first-order chi connectivity index (χ1) is 8.91. The van der Waals surface area contributed by atoms with Gasteiger partial charge in [-0.1, -0.05) is 31.6 Å². The zero-order valence-electron chi connectivity index (χ0n) is 11.4. The number of anilines is 1. The van der Waals surface area contributed by atoms with Crippen LogP contribution < -0.4 is 16.4 Å². The van der Waals surface area contributed by atoms with Crippen molar-refractivity contribution in [3.8, 4) is 0 Å². The fraction of sp³-hybridized carbons (Fsp3) is 0.286. The molecule has 3 amide bonds. The van der Waals surface area contributed by atoms with Crippen molar-refractivity contribution in [2.45, 2.75) is 20.8 Å². The molecule has 1 rings (SSSR count). The largest absolute Gasteiger partial charge is 0.398 e. The predicted octanol–water partition coefficient (Wildman–Crippen LogP) is 2.27. The van der Waals surface area contributed by atoms with Gasteiger partial charge in [-0.3, -0.25) is 10.1 Å². The van der Waals surface area contributed by atoms with Crippen molar-refractivity contribution in [1.29, 1.82) is 0 Å². The first-order valence-electron chi connectivity index (χ1n) is 6.04. The van der Waals surface area contributed by atoms with E-state index in [4.69, 9.17) is 5.73 Å². The van der Waals surface area contributed by atoms with Crippen LogP contribution in [0, 0.1) is 5.92 Å². The molecule has 1 aromatic rings. The van der Waals surface area contributed by atoms with Gasteiger partial charge in [0.25, 0.3) is 5.91 Å². The van der Waals surface area contributed by atoms with Gasteiger partial charge in [-0.15, -0.1) is 0 Å². The molecule has 1 aromatic carbocycles. The molecule has 0 aliphatic carbocycles. The number of nitrogen functional groups attached to an aromatic ring is 1. The molecule has 0 radical (unpaired) electrons. The number of carbonyl (C=O) groups is 2. The minimum absolute atomic E-state index is 0.280. The SMILES string of the molecule is C/C(=C\NC(=O)NC(=O)c1ccccc1N)C(C)C. The lowest BCUT2D eigenvalue weighted by atomic mass is 10.1. The summed E-state index contributed by atoms with van der Waals surface area (Å²) >= 11 is 0. The molecule has 5 heteroatoms. The van der Waals surface area contributed by atoms with Crippen LogP contribution in [0.3, 0.4) is 0 Å². The van der Waals surface area contributed by atoms with Crippen molar-refractivity contribution in [2.24, 2.45) is 5.92 Å². The van der Waals surface area contributed by atoms with E-state index >= 15 is 0 Å². The Labute approximate surface area is 112 Å². The summed E-state index contributed by atoms with van der Waals surface area (Å²) in [6, 6.07) is 6.00. The quantitative estimate of drug-likeness (QED) is 0.730. The average Bonchev–Trinajstić information content (AvgIpc) is 2.36. The minimum Gasteiger partial charge on any atom is -0.398 e. The molecule has 0 saturated heterocycles. The summed E-state index contributed by atoms with van der Waals surface area (Å²) in [4.78, 5) is 23.3. The normalized spacial score (nSPS) is 11.3. The third-order valence-corrected chi connectivity index (χ3v) is 2.77. The Morgan fingerprint density at radius 2 is 1.89 bits per heavy atom. The van der Waals surface area contributed by atoms with Crippen molar-refractivity contribution >= 4 is 17.6 Å². The van der Waals surface area contributed by atoms with Crippen molar-refractivity contribution in [2.75, 3.05) is 5.73 Å². The Bertz CT molecular complexity index is 507. The molecule has 19 heavy (non-hydrogen) atoms. The van der Waals surface area contributed by atoms with Crippen LogP contribution in [0.2, 0.25) is 0 Å². The van der Waals surface area contributed by atoms with Gasteiger partial charge >= 0.3 is 6.03 Å². The molecule has 0 saturated carbocycles. The molecule has 0 spiro atoms. The molecule has 0 fully saturated rings. The molecule has 0 bridgehead atoms. The molecular formula is C14H19N3O2. The zero-order chi connectivity index (χ0) is 14.4. The van der Waals surface area contributed by atoms with Crippen LogP contribution >= 0.6 is 0 Å². The predicted molar refractivity (Wildman–Crippen MR) is 75.4 cm³/mol. The third kappa shape index (κ3) is 4.46. The molecule has 0 aromatic heterocycles.